The van der Waals surface area contributed by atoms with Gasteiger partial charge in [0.25, 0.3) is 0 Å². The molecule has 0 spiro atoms. The molecule has 2 nitrogen and oxygen atoms in total. The van der Waals surface area contributed by atoms with Gasteiger partial charge >= 0.3 is 0 Å². The van der Waals surface area contributed by atoms with E-state index in [2.05, 4.69) is 31.8 Å². The van der Waals surface area contributed by atoms with Crippen molar-refractivity contribution in [3.05, 3.63) is 30.1 Å². The lowest BCUT2D eigenvalue weighted by Gasteiger charge is -2.23. The van der Waals surface area contributed by atoms with Crippen molar-refractivity contribution in [2.75, 3.05) is 0 Å². The molecule has 0 aliphatic rings. The van der Waals surface area contributed by atoms with Gasteiger partial charge < -0.3 is 5.73 Å². The van der Waals surface area contributed by atoms with Crippen LogP contribution in [0.15, 0.2) is 24.5 Å². The second-order valence-corrected chi connectivity index (χ2v) is 4.33. The van der Waals surface area contributed by atoms with Crippen molar-refractivity contribution in [1.82, 2.24) is 4.98 Å². The molecule has 0 fully saturated rings. The molecule has 14 heavy (non-hydrogen) atoms. The molecule has 1 rings (SSSR count). The molecule has 1 aromatic rings. The standard InChI is InChI=1S/C12H20N2/c1-9(2)10(3)12(13)7-11-5-4-6-14-8-11/h4-6,8-10,12H,7,13H2,1-3H3. The summed E-state index contributed by atoms with van der Waals surface area (Å²) in [6.07, 6.45) is 4.61. The van der Waals surface area contributed by atoms with E-state index in [0.717, 1.165) is 6.42 Å². The van der Waals surface area contributed by atoms with Crippen LogP contribution in [0, 0.1) is 11.8 Å². The maximum absolute atomic E-state index is 6.12. The predicted octanol–water partition coefficient (Wildman–Crippen LogP) is 2.24. The molecule has 0 aliphatic heterocycles. The highest BCUT2D eigenvalue weighted by atomic mass is 14.7. The van der Waals surface area contributed by atoms with Crippen molar-refractivity contribution >= 4 is 0 Å². The molecule has 2 atom stereocenters. The first-order valence-electron chi connectivity index (χ1n) is 5.25. The van der Waals surface area contributed by atoms with Crippen LogP contribution in [0.5, 0.6) is 0 Å². The van der Waals surface area contributed by atoms with Gasteiger partial charge in [-0.2, -0.15) is 0 Å². The second kappa shape index (κ2) is 5.11. The number of hydrogen-bond acceptors (Lipinski definition) is 2. The Morgan fingerprint density at radius 3 is 2.57 bits per heavy atom. The van der Waals surface area contributed by atoms with E-state index in [1.54, 1.807) is 6.20 Å². The van der Waals surface area contributed by atoms with Gasteiger partial charge in [0, 0.05) is 18.4 Å². The monoisotopic (exact) mass is 192 g/mol. The summed E-state index contributed by atoms with van der Waals surface area (Å²) in [5, 5.41) is 0. The van der Waals surface area contributed by atoms with Crippen LogP contribution in [0.4, 0.5) is 0 Å². The van der Waals surface area contributed by atoms with Crippen molar-refractivity contribution in [3.63, 3.8) is 0 Å². The van der Waals surface area contributed by atoms with E-state index < -0.39 is 0 Å². The third kappa shape index (κ3) is 3.11. The fraction of sp³-hybridized carbons (Fsp3) is 0.583. The van der Waals surface area contributed by atoms with E-state index in [9.17, 15) is 0 Å². The molecule has 2 unspecified atom stereocenters. The Morgan fingerprint density at radius 2 is 2.07 bits per heavy atom. The highest BCUT2D eigenvalue weighted by Crippen LogP contribution is 2.15. The summed E-state index contributed by atoms with van der Waals surface area (Å²) in [6.45, 7) is 6.65. The van der Waals surface area contributed by atoms with E-state index in [0.29, 0.717) is 11.8 Å². The van der Waals surface area contributed by atoms with Gasteiger partial charge in [0.15, 0.2) is 0 Å². The zero-order chi connectivity index (χ0) is 10.6. The molecule has 2 N–H and O–H groups in total. The average molecular weight is 192 g/mol. The van der Waals surface area contributed by atoms with Gasteiger partial charge in [0.05, 0.1) is 0 Å². The number of nitrogens with two attached hydrogens (primary N) is 1. The maximum Gasteiger partial charge on any atom is 0.0300 e. The van der Waals surface area contributed by atoms with Crippen molar-refractivity contribution in [3.8, 4) is 0 Å². The number of rotatable bonds is 4. The smallest absolute Gasteiger partial charge is 0.0300 e. The van der Waals surface area contributed by atoms with Crippen molar-refractivity contribution in [1.29, 1.82) is 0 Å². The van der Waals surface area contributed by atoms with Crippen LogP contribution in [0.25, 0.3) is 0 Å². The second-order valence-electron chi connectivity index (χ2n) is 4.33. The summed E-state index contributed by atoms with van der Waals surface area (Å²) >= 11 is 0. The lowest BCUT2D eigenvalue weighted by molar-refractivity contribution is 0.344. The van der Waals surface area contributed by atoms with E-state index in [4.69, 9.17) is 5.73 Å². The Kier molecular flexibility index (Phi) is 4.08. The number of hydrogen-bond donors (Lipinski definition) is 1. The largest absolute Gasteiger partial charge is 0.327 e. The van der Waals surface area contributed by atoms with Gasteiger partial charge in [0.2, 0.25) is 0 Å². The summed E-state index contributed by atoms with van der Waals surface area (Å²) < 4.78 is 0. The molecule has 2 heteroatoms. The molecule has 1 aromatic heterocycles. The van der Waals surface area contributed by atoms with Crippen LogP contribution in [0.1, 0.15) is 26.3 Å². The minimum atomic E-state index is 0.235. The molecule has 0 bridgehead atoms. The Balaban J connectivity index is 2.53. The number of aromatic nitrogens is 1. The molecule has 0 aromatic carbocycles. The molecule has 0 saturated carbocycles. The van der Waals surface area contributed by atoms with Gasteiger partial charge in [-0.15, -0.1) is 0 Å². The first-order valence-corrected chi connectivity index (χ1v) is 5.25. The van der Waals surface area contributed by atoms with Crippen molar-refractivity contribution in [2.24, 2.45) is 17.6 Å². The number of pyridine rings is 1. The van der Waals surface area contributed by atoms with Gasteiger partial charge in [-0.3, -0.25) is 4.98 Å². The molecule has 0 saturated heterocycles. The molecule has 0 amide bonds. The molecule has 1 heterocycles. The molecular weight excluding hydrogens is 172 g/mol. The van der Waals surface area contributed by atoms with Gasteiger partial charge in [-0.05, 0) is 29.9 Å². The minimum absolute atomic E-state index is 0.235. The zero-order valence-corrected chi connectivity index (χ0v) is 9.27. The van der Waals surface area contributed by atoms with Crippen LogP contribution in [0.3, 0.4) is 0 Å². The third-order valence-corrected chi connectivity index (χ3v) is 2.92. The van der Waals surface area contributed by atoms with Crippen molar-refractivity contribution < 1.29 is 0 Å². The maximum atomic E-state index is 6.12. The van der Waals surface area contributed by atoms with Crippen LogP contribution < -0.4 is 5.73 Å². The fourth-order valence-electron chi connectivity index (χ4n) is 1.47. The Hall–Kier alpha value is -0.890. The molecule has 78 valence electrons. The normalized spacial score (nSPS) is 15.5. The van der Waals surface area contributed by atoms with Crippen LogP contribution >= 0.6 is 0 Å². The van der Waals surface area contributed by atoms with E-state index >= 15 is 0 Å². The summed E-state index contributed by atoms with van der Waals surface area (Å²) in [5.74, 6) is 1.19. The predicted molar refractivity (Wildman–Crippen MR) is 59.9 cm³/mol. The molecule has 0 radical (unpaired) electrons. The van der Waals surface area contributed by atoms with Crippen LogP contribution in [-0.4, -0.2) is 11.0 Å². The van der Waals surface area contributed by atoms with Gasteiger partial charge in [0.1, 0.15) is 0 Å². The molecule has 0 aliphatic carbocycles. The summed E-state index contributed by atoms with van der Waals surface area (Å²) in [4.78, 5) is 4.09. The van der Waals surface area contributed by atoms with E-state index in [1.807, 2.05) is 12.3 Å². The highest BCUT2D eigenvalue weighted by molar-refractivity contribution is 5.10. The fourth-order valence-corrected chi connectivity index (χ4v) is 1.47. The Bertz CT molecular complexity index is 256. The minimum Gasteiger partial charge on any atom is -0.327 e. The highest BCUT2D eigenvalue weighted by Gasteiger charge is 2.16. The van der Waals surface area contributed by atoms with E-state index in [-0.39, 0.29) is 6.04 Å². The van der Waals surface area contributed by atoms with Crippen LogP contribution in [0.2, 0.25) is 0 Å². The third-order valence-electron chi connectivity index (χ3n) is 2.92. The number of nitrogens with zero attached hydrogens (tertiary/aromatic N) is 1. The lowest BCUT2D eigenvalue weighted by Crippen LogP contribution is -2.33. The topological polar surface area (TPSA) is 38.9 Å². The average Bonchev–Trinajstić information content (AvgIpc) is 2.18. The van der Waals surface area contributed by atoms with Gasteiger partial charge in [-0.25, -0.2) is 0 Å². The molecular formula is C12H20N2. The quantitative estimate of drug-likeness (QED) is 0.794. The zero-order valence-electron chi connectivity index (χ0n) is 9.27. The Labute approximate surface area is 86.5 Å². The van der Waals surface area contributed by atoms with Crippen molar-refractivity contribution in [2.45, 2.75) is 33.2 Å². The Morgan fingerprint density at radius 1 is 1.36 bits per heavy atom. The SMILES string of the molecule is CC(C)C(C)C(N)Cc1cccnc1. The van der Waals surface area contributed by atoms with E-state index in [1.165, 1.54) is 5.56 Å². The summed E-state index contributed by atoms with van der Waals surface area (Å²) in [6, 6.07) is 4.28. The van der Waals surface area contributed by atoms with Gasteiger partial charge in [-0.1, -0.05) is 26.8 Å². The summed E-state index contributed by atoms with van der Waals surface area (Å²) in [5.41, 5.74) is 7.35. The lowest BCUT2D eigenvalue weighted by atomic mass is 9.87. The first kappa shape index (κ1) is 11.2. The summed E-state index contributed by atoms with van der Waals surface area (Å²) in [7, 11) is 0. The first-order chi connectivity index (χ1) is 6.61. The van der Waals surface area contributed by atoms with Crippen LogP contribution in [-0.2, 0) is 6.42 Å².